The second kappa shape index (κ2) is 7.65. The van der Waals surface area contributed by atoms with Gasteiger partial charge < -0.3 is 4.90 Å². The van der Waals surface area contributed by atoms with Crippen LogP contribution in [0.1, 0.15) is 15.9 Å². The molecule has 24 heavy (non-hydrogen) atoms. The van der Waals surface area contributed by atoms with E-state index in [1.165, 1.54) is 0 Å². The maximum absolute atomic E-state index is 13.0. The first kappa shape index (κ1) is 16.7. The molecule has 0 N–H and O–H groups in total. The van der Waals surface area contributed by atoms with Crippen LogP contribution in [0, 0.1) is 0 Å². The first-order valence-corrected chi connectivity index (χ1v) is 8.67. The molecule has 4 heteroatoms. The number of hydrogen-bond acceptors (Lipinski definition) is 1. The van der Waals surface area contributed by atoms with Gasteiger partial charge in [0.05, 0.1) is 6.54 Å². The third kappa shape index (κ3) is 4.05. The molecule has 0 bridgehead atoms. The molecule has 0 fully saturated rings. The van der Waals surface area contributed by atoms with Crippen LogP contribution in [0.15, 0.2) is 83.3 Å². The predicted octanol–water partition coefficient (Wildman–Crippen LogP) is 5.95. The lowest BCUT2D eigenvalue weighted by molar-refractivity contribution is 0.0985. The smallest absolute Gasteiger partial charge is 0.258 e. The van der Waals surface area contributed by atoms with Crippen molar-refractivity contribution in [3.8, 4) is 0 Å². The standard InChI is InChI=1S/C20H15BrClNO/c21-17-8-12-19(13-9-17)23(14-15-6-10-18(22)11-7-15)20(24)16-4-2-1-3-5-16/h1-13H,14H2. The quantitative estimate of drug-likeness (QED) is 0.530. The fraction of sp³-hybridized carbons (Fsp3) is 0.0500. The summed E-state index contributed by atoms with van der Waals surface area (Å²) in [6.45, 7) is 0.479. The second-order valence-electron chi connectivity index (χ2n) is 5.36. The fourth-order valence-electron chi connectivity index (χ4n) is 2.41. The van der Waals surface area contributed by atoms with E-state index in [1.807, 2.05) is 78.9 Å². The maximum Gasteiger partial charge on any atom is 0.258 e. The van der Waals surface area contributed by atoms with Crippen molar-refractivity contribution in [1.82, 2.24) is 0 Å². The largest absolute Gasteiger partial charge is 0.304 e. The number of hydrogen-bond donors (Lipinski definition) is 0. The van der Waals surface area contributed by atoms with Crippen molar-refractivity contribution in [3.63, 3.8) is 0 Å². The van der Waals surface area contributed by atoms with Gasteiger partial charge in [-0.15, -0.1) is 0 Å². The van der Waals surface area contributed by atoms with Gasteiger partial charge in [-0.25, -0.2) is 0 Å². The predicted molar refractivity (Wildman–Crippen MR) is 103 cm³/mol. The molecular formula is C20H15BrClNO. The summed E-state index contributed by atoms with van der Waals surface area (Å²) in [4.78, 5) is 14.8. The summed E-state index contributed by atoms with van der Waals surface area (Å²) in [7, 11) is 0. The van der Waals surface area contributed by atoms with Crippen molar-refractivity contribution in [1.29, 1.82) is 0 Å². The van der Waals surface area contributed by atoms with E-state index >= 15 is 0 Å². The van der Waals surface area contributed by atoms with E-state index in [-0.39, 0.29) is 5.91 Å². The van der Waals surface area contributed by atoms with Crippen LogP contribution in [0.5, 0.6) is 0 Å². The molecule has 0 aliphatic carbocycles. The van der Waals surface area contributed by atoms with Gasteiger partial charge in [0, 0.05) is 20.7 Å². The second-order valence-corrected chi connectivity index (χ2v) is 6.71. The monoisotopic (exact) mass is 399 g/mol. The summed E-state index contributed by atoms with van der Waals surface area (Å²) < 4.78 is 0.977. The topological polar surface area (TPSA) is 20.3 Å². The highest BCUT2D eigenvalue weighted by atomic mass is 79.9. The van der Waals surface area contributed by atoms with Gasteiger partial charge in [0.15, 0.2) is 0 Å². The first-order chi connectivity index (χ1) is 11.6. The van der Waals surface area contributed by atoms with Crippen molar-refractivity contribution < 1.29 is 4.79 Å². The molecule has 120 valence electrons. The van der Waals surface area contributed by atoms with E-state index in [1.54, 1.807) is 4.90 Å². The van der Waals surface area contributed by atoms with E-state index in [4.69, 9.17) is 11.6 Å². The summed E-state index contributed by atoms with van der Waals surface area (Å²) in [5.74, 6) is -0.0344. The molecule has 0 aliphatic rings. The number of carbonyl (C=O) groups is 1. The molecule has 0 saturated carbocycles. The Kier molecular flexibility index (Phi) is 5.34. The summed E-state index contributed by atoms with van der Waals surface area (Å²) in [6.07, 6.45) is 0. The molecule has 0 aromatic heterocycles. The molecule has 0 aliphatic heterocycles. The minimum atomic E-state index is -0.0344. The van der Waals surface area contributed by atoms with E-state index in [0.29, 0.717) is 17.1 Å². The fourth-order valence-corrected chi connectivity index (χ4v) is 2.80. The SMILES string of the molecule is O=C(c1ccccc1)N(Cc1ccc(Cl)cc1)c1ccc(Br)cc1. The van der Waals surface area contributed by atoms with Crippen molar-refractivity contribution in [2.75, 3.05) is 4.90 Å². The number of anilines is 1. The van der Waals surface area contributed by atoms with Crippen LogP contribution in [0.25, 0.3) is 0 Å². The van der Waals surface area contributed by atoms with Crippen LogP contribution in [0.4, 0.5) is 5.69 Å². The third-order valence-corrected chi connectivity index (χ3v) is 4.44. The average Bonchev–Trinajstić information content (AvgIpc) is 2.62. The minimum Gasteiger partial charge on any atom is -0.304 e. The highest BCUT2D eigenvalue weighted by molar-refractivity contribution is 9.10. The molecule has 0 unspecified atom stereocenters. The normalized spacial score (nSPS) is 10.4. The molecular weight excluding hydrogens is 386 g/mol. The summed E-state index contributed by atoms with van der Waals surface area (Å²) in [6, 6.07) is 24.6. The lowest BCUT2D eigenvalue weighted by Gasteiger charge is -2.23. The Morgan fingerprint density at radius 3 is 2.12 bits per heavy atom. The lowest BCUT2D eigenvalue weighted by Crippen LogP contribution is -2.30. The molecule has 3 rings (SSSR count). The number of nitrogens with zero attached hydrogens (tertiary/aromatic N) is 1. The number of amides is 1. The van der Waals surface area contributed by atoms with Gasteiger partial charge in [-0.2, -0.15) is 0 Å². The first-order valence-electron chi connectivity index (χ1n) is 7.50. The van der Waals surface area contributed by atoms with Crippen LogP contribution in [-0.4, -0.2) is 5.91 Å². The van der Waals surface area contributed by atoms with Crippen molar-refractivity contribution in [3.05, 3.63) is 99.5 Å². The van der Waals surface area contributed by atoms with Crippen LogP contribution in [0.2, 0.25) is 5.02 Å². The van der Waals surface area contributed by atoms with Crippen LogP contribution in [-0.2, 0) is 6.54 Å². The molecule has 2 nitrogen and oxygen atoms in total. The molecule has 0 heterocycles. The third-order valence-electron chi connectivity index (χ3n) is 3.66. The van der Waals surface area contributed by atoms with E-state index < -0.39 is 0 Å². The van der Waals surface area contributed by atoms with Gasteiger partial charge in [0.2, 0.25) is 0 Å². The van der Waals surface area contributed by atoms with E-state index in [2.05, 4.69) is 15.9 Å². The Morgan fingerprint density at radius 2 is 1.50 bits per heavy atom. The van der Waals surface area contributed by atoms with Gasteiger partial charge in [-0.05, 0) is 54.1 Å². The number of benzene rings is 3. The number of halogens is 2. The molecule has 1 amide bonds. The number of rotatable bonds is 4. The Balaban J connectivity index is 1.95. The molecule has 0 spiro atoms. The van der Waals surface area contributed by atoms with Crippen molar-refractivity contribution in [2.45, 2.75) is 6.54 Å². The highest BCUT2D eigenvalue weighted by Gasteiger charge is 2.18. The number of carbonyl (C=O) groups excluding carboxylic acids is 1. The van der Waals surface area contributed by atoms with Crippen LogP contribution < -0.4 is 4.90 Å². The molecule has 0 saturated heterocycles. The average molecular weight is 401 g/mol. The Labute approximate surface area is 154 Å². The van der Waals surface area contributed by atoms with Crippen molar-refractivity contribution >= 4 is 39.1 Å². The Morgan fingerprint density at radius 1 is 0.875 bits per heavy atom. The Hall–Kier alpha value is -2.10. The van der Waals surface area contributed by atoms with Gasteiger partial charge in [-0.3, -0.25) is 4.79 Å². The zero-order chi connectivity index (χ0) is 16.9. The zero-order valence-electron chi connectivity index (χ0n) is 12.8. The molecule has 3 aromatic carbocycles. The molecule has 3 aromatic rings. The Bertz CT molecular complexity index is 817. The molecule has 0 atom stereocenters. The summed E-state index contributed by atoms with van der Waals surface area (Å²) in [5.41, 5.74) is 2.53. The van der Waals surface area contributed by atoms with Crippen molar-refractivity contribution in [2.24, 2.45) is 0 Å². The summed E-state index contributed by atoms with van der Waals surface area (Å²) >= 11 is 9.39. The van der Waals surface area contributed by atoms with E-state index in [0.717, 1.165) is 15.7 Å². The van der Waals surface area contributed by atoms with Gasteiger partial charge >= 0.3 is 0 Å². The minimum absolute atomic E-state index is 0.0344. The lowest BCUT2D eigenvalue weighted by atomic mass is 10.1. The van der Waals surface area contributed by atoms with Crippen LogP contribution >= 0.6 is 27.5 Å². The van der Waals surface area contributed by atoms with E-state index in [9.17, 15) is 4.79 Å². The van der Waals surface area contributed by atoms with Gasteiger partial charge in [0.1, 0.15) is 0 Å². The van der Waals surface area contributed by atoms with Crippen LogP contribution in [0.3, 0.4) is 0 Å². The van der Waals surface area contributed by atoms with Gasteiger partial charge in [-0.1, -0.05) is 57.9 Å². The highest BCUT2D eigenvalue weighted by Crippen LogP contribution is 2.23. The van der Waals surface area contributed by atoms with Gasteiger partial charge in [0.25, 0.3) is 5.91 Å². The molecule has 0 radical (unpaired) electrons. The zero-order valence-corrected chi connectivity index (χ0v) is 15.2. The maximum atomic E-state index is 13.0. The summed E-state index contributed by atoms with van der Waals surface area (Å²) in [5, 5.41) is 0.684.